The van der Waals surface area contributed by atoms with Gasteiger partial charge in [-0.05, 0) is 43.6 Å². The van der Waals surface area contributed by atoms with Crippen LogP contribution >= 0.6 is 23.4 Å². The Balaban J connectivity index is 1.40. The van der Waals surface area contributed by atoms with Crippen molar-refractivity contribution in [2.75, 3.05) is 13.1 Å². The van der Waals surface area contributed by atoms with E-state index in [1.54, 1.807) is 11.8 Å². The number of pyridine rings is 1. The smallest absolute Gasteiger partial charge is 0.191 e. The van der Waals surface area contributed by atoms with Gasteiger partial charge in [-0.1, -0.05) is 71.9 Å². The van der Waals surface area contributed by atoms with Gasteiger partial charge in [0.1, 0.15) is 11.0 Å². The molecule has 3 heterocycles. The maximum atomic E-state index is 6.48. The first-order valence-corrected chi connectivity index (χ1v) is 12.0. The first-order valence-electron chi connectivity index (χ1n) is 10.6. The van der Waals surface area contributed by atoms with E-state index in [4.69, 9.17) is 11.6 Å². The van der Waals surface area contributed by atoms with E-state index in [1.807, 2.05) is 24.3 Å². The van der Waals surface area contributed by atoms with E-state index in [2.05, 4.69) is 61.0 Å². The molecule has 5 rings (SSSR count). The maximum absolute atomic E-state index is 6.48. The van der Waals surface area contributed by atoms with Crippen LogP contribution < -0.4 is 0 Å². The van der Waals surface area contributed by atoms with Gasteiger partial charge < -0.3 is 4.57 Å². The monoisotopic (exact) mass is 449 g/mol. The van der Waals surface area contributed by atoms with E-state index in [0.717, 1.165) is 53.6 Å². The quantitative estimate of drug-likeness (QED) is 0.278. The zero-order valence-corrected chi connectivity index (χ0v) is 18.8. The van der Waals surface area contributed by atoms with Gasteiger partial charge in [-0.15, -0.1) is 10.2 Å². The first-order chi connectivity index (χ1) is 15.3. The lowest BCUT2D eigenvalue weighted by molar-refractivity contribution is 0.316. The number of halogens is 1. The SMILES string of the molecule is Clc1nc2ccccc2cc1CSc1nnc(CN2CCCC2)n1Cc1ccccc1. The first kappa shape index (κ1) is 20.5. The predicted octanol–water partition coefficient (Wildman–Crippen LogP) is 5.42. The van der Waals surface area contributed by atoms with Gasteiger partial charge in [0, 0.05) is 16.7 Å². The Bertz CT molecular complexity index is 1170. The molecule has 2 aromatic heterocycles. The number of thioether (sulfide) groups is 1. The number of benzene rings is 2. The molecule has 1 fully saturated rings. The van der Waals surface area contributed by atoms with Crippen molar-refractivity contribution < 1.29 is 0 Å². The third-order valence-electron chi connectivity index (χ3n) is 5.65. The number of likely N-dealkylation sites (tertiary alicyclic amines) is 1. The molecule has 0 saturated carbocycles. The largest absolute Gasteiger partial charge is 0.300 e. The van der Waals surface area contributed by atoms with E-state index < -0.39 is 0 Å². The van der Waals surface area contributed by atoms with Crippen LogP contribution in [0.4, 0.5) is 0 Å². The number of aromatic nitrogens is 4. The highest BCUT2D eigenvalue weighted by Gasteiger charge is 2.19. The molecule has 0 N–H and O–H groups in total. The fourth-order valence-electron chi connectivity index (χ4n) is 3.99. The Hall–Kier alpha value is -2.41. The van der Waals surface area contributed by atoms with Crippen molar-refractivity contribution in [2.45, 2.75) is 36.8 Å². The van der Waals surface area contributed by atoms with Crippen LogP contribution in [0.25, 0.3) is 10.9 Å². The zero-order chi connectivity index (χ0) is 21.0. The highest BCUT2D eigenvalue weighted by atomic mass is 35.5. The highest BCUT2D eigenvalue weighted by Crippen LogP contribution is 2.28. The lowest BCUT2D eigenvalue weighted by Crippen LogP contribution is -2.21. The summed E-state index contributed by atoms with van der Waals surface area (Å²) in [7, 11) is 0. The number of nitrogens with zero attached hydrogens (tertiary/aromatic N) is 5. The number of para-hydroxylation sites is 1. The Morgan fingerprint density at radius 1 is 0.903 bits per heavy atom. The van der Waals surface area contributed by atoms with Gasteiger partial charge in [-0.2, -0.15) is 0 Å². The van der Waals surface area contributed by atoms with E-state index in [1.165, 1.54) is 18.4 Å². The molecule has 0 unspecified atom stereocenters. The van der Waals surface area contributed by atoms with Gasteiger partial charge in [-0.25, -0.2) is 4.98 Å². The maximum Gasteiger partial charge on any atom is 0.191 e. The lowest BCUT2D eigenvalue weighted by Gasteiger charge is -2.16. The Labute approximate surface area is 191 Å². The number of hydrogen-bond donors (Lipinski definition) is 0. The van der Waals surface area contributed by atoms with Crippen LogP contribution in [0, 0.1) is 0 Å². The van der Waals surface area contributed by atoms with Crippen molar-refractivity contribution in [2.24, 2.45) is 0 Å². The second-order valence-electron chi connectivity index (χ2n) is 7.87. The summed E-state index contributed by atoms with van der Waals surface area (Å²) < 4.78 is 2.25. The third kappa shape index (κ3) is 4.76. The van der Waals surface area contributed by atoms with Crippen molar-refractivity contribution in [3.05, 3.63) is 82.8 Å². The van der Waals surface area contributed by atoms with Gasteiger partial charge >= 0.3 is 0 Å². The predicted molar refractivity (Wildman–Crippen MR) is 126 cm³/mol. The minimum absolute atomic E-state index is 0.553. The number of rotatable bonds is 7. The van der Waals surface area contributed by atoms with Crippen molar-refractivity contribution in [1.82, 2.24) is 24.6 Å². The molecule has 1 saturated heterocycles. The number of hydrogen-bond acceptors (Lipinski definition) is 5. The van der Waals surface area contributed by atoms with Crippen LogP contribution in [-0.2, 0) is 18.8 Å². The van der Waals surface area contributed by atoms with Crippen LogP contribution in [-0.4, -0.2) is 37.7 Å². The topological polar surface area (TPSA) is 46.8 Å². The highest BCUT2D eigenvalue weighted by molar-refractivity contribution is 7.98. The molecule has 1 aliphatic rings. The molecule has 158 valence electrons. The van der Waals surface area contributed by atoms with E-state index in [-0.39, 0.29) is 0 Å². The van der Waals surface area contributed by atoms with Crippen LogP contribution in [0.2, 0.25) is 5.15 Å². The van der Waals surface area contributed by atoms with Crippen molar-refractivity contribution in [3.8, 4) is 0 Å². The number of fused-ring (bicyclic) bond motifs is 1. The fraction of sp³-hybridized carbons (Fsp3) is 0.292. The normalized spacial score (nSPS) is 14.5. The molecule has 0 spiro atoms. The van der Waals surface area contributed by atoms with Crippen molar-refractivity contribution >= 4 is 34.3 Å². The van der Waals surface area contributed by atoms with E-state index >= 15 is 0 Å². The van der Waals surface area contributed by atoms with Gasteiger partial charge in [-0.3, -0.25) is 4.90 Å². The summed E-state index contributed by atoms with van der Waals surface area (Å²) in [4.78, 5) is 7.02. The average Bonchev–Trinajstić information content (AvgIpc) is 3.44. The van der Waals surface area contributed by atoms with Crippen LogP contribution in [0.3, 0.4) is 0 Å². The zero-order valence-electron chi connectivity index (χ0n) is 17.2. The Kier molecular flexibility index (Phi) is 6.20. The third-order valence-corrected chi connectivity index (χ3v) is 6.99. The summed E-state index contributed by atoms with van der Waals surface area (Å²) >= 11 is 8.15. The van der Waals surface area contributed by atoms with Gasteiger partial charge in [0.15, 0.2) is 5.16 Å². The molecule has 2 aromatic carbocycles. The summed E-state index contributed by atoms with van der Waals surface area (Å²) in [6.07, 6.45) is 2.53. The molecule has 4 aromatic rings. The lowest BCUT2D eigenvalue weighted by atomic mass is 10.2. The molecular weight excluding hydrogens is 426 g/mol. The standard InChI is InChI=1S/C24H24ClN5S/c25-23-20(14-19-10-4-5-11-21(19)26-23)17-31-24-28-27-22(16-29-12-6-7-13-29)30(24)15-18-8-2-1-3-9-18/h1-5,8-11,14H,6-7,12-13,15-17H2. The molecular formula is C24H24ClN5S. The molecule has 0 radical (unpaired) electrons. The Morgan fingerprint density at radius 2 is 1.68 bits per heavy atom. The minimum Gasteiger partial charge on any atom is -0.300 e. The average molecular weight is 450 g/mol. The van der Waals surface area contributed by atoms with Gasteiger partial charge in [0.2, 0.25) is 0 Å². The second kappa shape index (κ2) is 9.39. The molecule has 31 heavy (non-hydrogen) atoms. The Morgan fingerprint density at radius 3 is 2.52 bits per heavy atom. The molecule has 7 heteroatoms. The summed E-state index contributed by atoms with van der Waals surface area (Å²) in [5, 5.41) is 11.7. The van der Waals surface area contributed by atoms with Crippen molar-refractivity contribution in [1.29, 1.82) is 0 Å². The van der Waals surface area contributed by atoms with Crippen LogP contribution in [0.5, 0.6) is 0 Å². The van der Waals surface area contributed by atoms with Gasteiger partial charge in [0.05, 0.1) is 18.6 Å². The second-order valence-corrected chi connectivity index (χ2v) is 9.17. The molecule has 1 aliphatic heterocycles. The molecule has 0 amide bonds. The summed E-state index contributed by atoms with van der Waals surface area (Å²) in [6.45, 7) is 3.89. The van der Waals surface area contributed by atoms with E-state index in [9.17, 15) is 0 Å². The summed E-state index contributed by atoms with van der Waals surface area (Å²) in [6, 6.07) is 20.7. The van der Waals surface area contributed by atoms with E-state index in [0.29, 0.717) is 10.9 Å². The van der Waals surface area contributed by atoms with Crippen LogP contribution in [0.15, 0.2) is 65.8 Å². The fourth-order valence-corrected chi connectivity index (χ4v) is 5.21. The molecule has 0 bridgehead atoms. The van der Waals surface area contributed by atoms with Crippen molar-refractivity contribution in [3.63, 3.8) is 0 Å². The summed E-state index contributed by atoms with van der Waals surface area (Å²) in [5.74, 6) is 1.73. The molecule has 0 aliphatic carbocycles. The van der Waals surface area contributed by atoms with Gasteiger partial charge in [0.25, 0.3) is 0 Å². The molecule has 5 nitrogen and oxygen atoms in total. The van der Waals surface area contributed by atoms with Crippen LogP contribution in [0.1, 0.15) is 29.8 Å². The minimum atomic E-state index is 0.553. The molecule has 0 atom stereocenters. The summed E-state index contributed by atoms with van der Waals surface area (Å²) in [5.41, 5.74) is 3.18.